The Morgan fingerprint density at radius 2 is 1.07 bits per heavy atom. The van der Waals surface area contributed by atoms with Crippen molar-refractivity contribution in [3.63, 3.8) is 0 Å². The van der Waals surface area contributed by atoms with Crippen molar-refractivity contribution in [2.45, 2.75) is 195 Å². The molecular weight excluding hydrogens is 1750 g/mol. The van der Waals surface area contributed by atoms with Gasteiger partial charge in [0.2, 0.25) is 88.6 Å². The molecule has 6 aromatic rings. The number of carboxylic acid groups (broad SMARTS) is 2. The van der Waals surface area contributed by atoms with Crippen LogP contribution in [0.5, 0.6) is 5.75 Å². The van der Waals surface area contributed by atoms with Gasteiger partial charge in [-0.15, -0.1) is 11.8 Å². The first-order valence-corrected chi connectivity index (χ1v) is 44.1. The first-order chi connectivity index (χ1) is 62.7. The molecule has 710 valence electrons. The average Bonchev–Trinajstić information content (AvgIpc) is 1.56. The van der Waals surface area contributed by atoms with Crippen molar-refractivity contribution in [1.82, 2.24) is 77.3 Å². The van der Waals surface area contributed by atoms with Crippen LogP contribution in [0.15, 0.2) is 128 Å². The lowest BCUT2D eigenvalue weighted by atomic mass is 9.98. The molecule has 3 saturated heterocycles. The Morgan fingerprint density at radius 3 is 1.68 bits per heavy atom. The summed E-state index contributed by atoms with van der Waals surface area (Å²) in [6.45, 7) is 2.27. The lowest BCUT2D eigenvalue weighted by molar-refractivity contribution is -0.152. The summed E-state index contributed by atoms with van der Waals surface area (Å²) >= 11 is 0.603. The van der Waals surface area contributed by atoms with Gasteiger partial charge in [0.05, 0.1) is 31.2 Å². The minimum absolute atomic E-state index is 0.0748. The van der Waals surface area contributed by atoms with Crippen LogP contribution in [-0.4, -0.2) is 299 Å². The molecule has 5 aromatic carbocycles. The molecule has 0 aliphatic carbocycles. The fraction of sp³-hybridized carbons (Fsp3) is 0.456. The summed E-state index contributed by atoms with van der Waals surface area (Å²) in [4.78, 5) is 257. The van der Waals surface area contributed by atoms with E-state index in [9.17, 15) is 68.3 Å². The van der Waals surface area contributed by atoms with E-state index in [4.69, 9.17) is 5.73 Å². The number of hydrogen-bond donors (Lipinski definition) is 16. The molecule has 14 atom stereocenters. The number of amides is 15. The zero-order chi connectivity index (χ0) is 96.5. The number of aromatic nitrogens is 1. The summed E-state index contributed by atoms with van der Waals surface area (Å²) in [6, 6.07) is 6.33. The number of thioether (sulfide) groups is 1. The van der Waals surface area contributed by atoms with E-state index in [1.165, 1.54) is 51.4 Å². The SMILES string of the molecule is CCCC[C@H]1C(=O)N2CCC[C@@H]2C(=O)N[C@@H](CC(=O)O)C(=O)N[C@@H](C(C)C)C(=O)N(C)[C@H](Cc2ccccc2)C(=O)N[C@@H](CC(=O)O)C(=O)N2C[C@H](O)C[C@@H]2C(=O)N[C@@H](Cc2c[nH]c3ccccc23)C(=O)N[C@@H](Cc2ccc(O)cc2)C(=O)N[C@@H](CCO)C(=O)N[C@H](C(=O)NCC(N)=O)CSCC(=O)N[C@@H](Cc2cc(F)c(F)c(F)c2)C(=O)N(C)[C@@H](Cc2ccccc2)C(=O)N1C. The van der Waals surface area contributed by atoms with E-state index in [2.05, 4.69) is 52.8 Å². The van der Waals surface area contributed by atoms with Crippen LogP contribution in [0, 0.1) is 23.4 Å². The summed E-state index contributed by atoms with van der Waals surface area (Å²) in [6.07, 6.45) is -5.17. The Balaban J connectivity index is 1.13. The third-order valence-corrected chi connectivity index (χ3v) is 24.2. The van der Waals surface area contributed by atoms with Crippen molar-refractivity contribution in [2.75, 3.05) is 58.9 Å². The van der Waals surface area contributed by atoms with Gasteiger partial charge in [0.1, 0.15) is 84.3 Å². The summed E-state index contributed by atoms with van der Waals surface area (Å²) in [5.41, 5.74) is 7.03. The lowest BCUT2D eigenvalue weighted by Crippen LogP contribution is -2.62. The van der Waals surface area contributed by atoms with Crippen molar-refractivity contribution < 1.29 is 120 Å². The Kier molecular flexibility index (Phi) is 37.1. The molecule has 15 amide bonds. The van der Waals surface area contributed by atoms with Crippen molar-refractivity contribution in [3.8, 4) is 5.75 Å². The van der Waals surface area contributed by atoms with E-state index in [0.29, 0.717) is 57.9 Å². The normalized spacial score (nSPS) is 24.2. The molecule has 1 aromatic heterocycles. The van der Waals surface area contributed by atoms with Crippen LogP contribution in [0.25, 0.3) is 10.9 Å². The highest BCUT2D eigenvalue weighted by atomic mass is 32.2. The van der Waals surface area contributed by atoms with Gasteiger partial charge in [-0.3, -0.25) is 81.5 Å². The average molecular weight is 1860 g/mol. The second-order valence-electron chi connectivity index (χ2n) is 33.1. The van der Waals surface area contributed by atoms with Crippen LogP contribution in [0.1, 0.15) is 106 Å². The smallest absolute Gasteiger partial charge is 0.305 e. The van der Waals surface area contributed by atoms with Crippen molar-refractivity contribution in [3.05, 3.63) is 173 Å². The number of aliphatic carboxylic acids is 2. The largest absolute Gasteiger partial charge is 0.508 e. The molecule has 3 fully saturated rings. The van der Waals surface area contributed by atoms with Crippen LogP contribution in [0.2, 0.25) is 0 Å². The minimum Gasteiger partial charge on any atom is -0.508 e. The number of fused-ring (bicyclic) bond motifs is 3. The number of nitrogens with zero attached hydrogens (tertiary/aromatic N) is 5. The molecule has 17 N–H and O–H groups in total. The Labute approximate surface area is 761 Å². The number of hydrogen-bond acceptors (Lipinski definition) is 21. The molecule has 0 spiro atoms. The molecule has 9 rings (SSSR count). The second kappa shape index (κ2) is 47.9. The minimum atomic E-state index is -2.11. The number of nitrogens with one attached hydrogen (secondary N) is 10. The molecule has 3 aliphatic rings. The first-order valence-electron chi connectivity index (χ1n) is 43.0. The topological polar surface area (TPSA) is 558 Å². The zero-order valence-electron chi connectivity index (χ0n) is 73.5. The number of para-hydroxylation sites is 1. The number of aromatic hydroxyl groups is 1. The van der Waals surface area contributed by atoms with Crippen LogP contribution < -0.4 is 53.6 Å². The first kappa shape index (κ1) is 102. The fourth-order valence-electron chi connectivity index (χ4n) is 16.0. The molecule has 132 heavy (non-hydrogen) atoms. The van der Waals surface area contributed by atoms with E-state index >= 15 is 51.9 Å². The number of unbranched alkanes of at least 4 members (excludes halogenated alkanes) is 1. The van der Waals surface area contributed by atoms with Crippen LogP contribution >= 0.6 is 11.8 Å². The van der Waals surface area contributed by atoms with E-state index in [1.807, 2.05) is 0 Å². The van der Waals surface area contributed by atoms with E-state index in [0.717, 1.165) is 38.6 Å². The number of rotatable bonds is 23. The molecule has 38 nitrogen and oxygen atoms in total. The molecule has 0 unspecified atom stereocenters. The van der Waals surface area contributed by atoms with Crippen molar-refractivity contribution >= 4 is 123 Å². The highest BCUT2D eigenvalue weighted by Crippen LogP contribution is 2.29. The summed E-state index contributed by atoms with van der Waals surface area (Å²) in [7, 11) is 3.59. The lowest BCUT2D eigenvalue weighted by Gasteiger charge is -2.38. The number of benzene rings is 5. The molecular formula is C90H111F3N16O22S. The Morgan fingerprint density at radius 1 is 0.538 bits per heavy atom. The zero-order valence-corrected chi connectivity index (χ0v) is 74.3. The molecule has 4 heterocycles. The number of nitrogens with two attached hydrogens (primary N) is 1. The van der Waals surface area contributed by atoms with Gasteiger partial charge in [-0.05, 0) is 89.8 Å². The monoisotopic (exact) mass is 1860 g/mol. The number of aromatic amines is 1. The Bertz CT molecular complexity index is 5170. The standard InChI is InChI=1S/C90H111F3N16O22S/c1-7-8-24-68-89(130)108-31-17-25-67(108)83(124)101-63(41-74(115)116)82(123)104-77(48(2)3)90(131)106(5)69(37-49-18-11-9-12-19-49)84(125)102-65(42-75(117)118)87(128)109-45-55(112)40-70(109)85(126)100-62(39-53-43-95-59-23-16-15-22-56(53)59)81(122)99-61(35-51-26-28-54(111)29-27-51)80(121)98-60(30-32-110)79(120)103-66(78(119)96-44-72(94)113)46-132-47-73(114)97-64(36-52-33-57(91)76(93)58(92)34-52)86(127)107(6)71(88(129)105(68)4)38-50-20-13-10-14-21-50/h9-16,18-23,26-29,33-34,43,48,55,60-71,77,95,110-112H,7-8,17,24-25,30-32,35-42,44-47H2,1-6H3,(H2,94,113)(H,96,119)(H,97,114)(H,98,121)(H,99,122)(H,100,126)(H,101,124)(H,102,125)(H,103,120)(H,104,123)(H,115,116)(H,117,118)/t55-,60+,61+,62+,63+,64+,65+,66+,67-,68+,69-,70-,71+,77+/m1/s1. The predicted octanol–water partition coefficient (Wildman–Crippen LogP) is -0.357. The molecule has 0 radical (unpaired) electrons. The molecule has 42 heteroatoms. The van der Waals surface area contributed by atoms with Crippen molar-refractivity contribution in [1.29, 1.82) is 0 Å². The maximum Gasteiger partial charge on any atom is 0.305 e. The summed E-state index contributed by atoms with van der Waals surface area (Å²) < 4.78 is 45.0. The van der Waals surface area contributed by atoms with E-state index < -0.39 is 290 Å². The van der Waals surface area contributed by atoms with Gasteiger partial charge < -0.3 is 109 Å². The number of phenolic OH excluding ortho intramolecular Hbond substituents is 1. The number of carboxylic acids is 2. The maximum absolute atomic E-state index is 15.6. The Hall–Kier alpha value is -13.5. The number of likely N-dealkylation sites (N-methyl/N-ethyl adjacent to an activating group) is 3. The second-order valence-corrected chi connectivity index (χ2v) is 34.2. The highest BCUT2D eigenvalue weighted by molar-refractivity contribution is 8.00. The maximum atomic E-state index is 15.6. The summed E-state index contributed by atoms with van der Waals surface area (Å²) in [5, 5.41) is 75.9. The number of H-pyrrole nitrogens is 1. The van der Waals surface area contributed by atoms with Crippen LogP contribution in [0.4, 0.5) is 13.2 Å². The highest BCUT2D eigenvalue weighted by Gasteiger charge is 2.48. The van der Waals surface area contributed by atoms with Gasteiger partial charge in [-0.1, -0.05) is 125 Å². The van der Waals surface area contributed by atoms with Crippen molar-refractivity contribution in [2.24, 2.45) is 11.7 Å². The van der Waals surface area contributed by atoms with E-state index in [1.54, 1.807) is 91.9 Å². The van der Waals surface area contributed by atoms with Gasteiger partial charge in [0, 0.05) is 102 Å². The quantitative estimate of drug-likeness (QED) is 0.0364. The van der Waals surface area contributed by atoms with Crippen LogP contribution in [0.3, 0.4) is 0 Å². The number of aliphatic hydroxyl groups is 2. The number of carbonyl (C=O) groups excluding carboxylic acids is 15. The number of primary amides is 1. The van der Waals surface area contributed by atoms with Gasteiger partial charge in [-0.2, -0.15) is 0 Å². The molecule has 0 bridgehead atoms. The van der Waals surface area contributed by atoms with Gasteiger partial charge in [-0.25, -0.2) is 13.2 Å². The predicted molar refractivity (Wildman–Crippen MR) is 470 cm³/mol. The molecule has 3 aliphatic heterocycles. The number of halogens is 3. The van der Waals surface area contributed by atoms with E-state index in [-0.39, 0.29) is 56.4 Å². The van der Waals surface area contributed by atoms with Gasteiger partial charge >= 0.3 is 11.9 Å². The number of phenols is 1. The number of carbonyl (C=O) groups is 17. The molecule has 0 saturated carbocycles. The number of aliphatic hydroxyl groups excluding tert-OH is 2. The van der Waals surface area contributed by atoms with Gasteiger partial charge in [0.25, 0.3) is 0 Å². The van der Waals surface area contributed by atoms with Gasteiger partial charge in [0.15, 0.2) is 17.5 Å². The van der Waals surface area contributed by atoms with Crippen LogP contribution in [-0.2, 0) is 114 Å². The third-order valence-electron chi connectivity index (χ3n) is 23.1. The summed E-state index contributed by atoms with van der Waals surface area (Å²) in [5.74, 6) is -27.5. The fourth-order valence-corrected chi connectivity index (χ4v) is 16.9. The third kappa shape index (κ3) is 27.8.